The average Bonchev–Trinajstić information content (AvgIpc) is 3.16. The smallest absolute Gasteiger partial charge is 0.356 e. The lowest BCUT2D eigenvalue weighted by molar-refractivity contribution is 0.0518. The first-order valence-corrected chi connectivity index (χ1v) is 7.97. The molecule has 0 bridgehead atoms. The van der Waals surface area contributed by atoms with Gasteiger partial charge in [-0.2, -0.15) is 5.26 Å². The first-order chi connectivity index (χ1) is 10.6. The van der Waals surface area contributed by atoms with Gasteiger partial charge in [-0.05, 0) is 37.8 Å². The molecule has 0 aromatic carbocycles. The molecule has 1 aliphatic rings. The third kappa shape index (κ3) is 2.77. The van der Waals surface area contributed by atoms with E-state index in [1.807, 2.05) is 0 Å². The molecule has 3 rings (SSSR count). The summed E-state index contributed by atoms with van der Waals surface area (Å²) in [5.41, 5.74) is 0.378. The van der Waals surface area contributed by atoms with Crippen LogP contribution in [0.1, 0.15) is 30.3 Å². The molecule has 1 N–H and O–H groups in total. The Bertz CT molecular complexity index is 779. The number of hydrogen-bond acceptors (Lipinski definition) is 6. The van der Waals surface area contributed by atoms with Crippen LogP contribution in [0.4, 0.5) is 0 Å². The monoisotopic (exact) mass is 336 g/mol. The van der Waals surface area contributed by atoms with Gasteiger partial charge in [0.1, 0.15) is 5.54 Å². The number of aromatic nitrogens is 2. The van der Waals surface area contributed by atoms with E-state index in [9.17, 15) is 4.79 Å². The summed E-state index contributed by atoms with van der Waals surface area (Å²) in [6, 6.07) is 4.01. The number of imidazole rings is 1. The zero-order chi connectivity index (χ0) is 15.7. The standard InChI is InChI=1S/C14H13ClN4O2S/c1-2-21-13(20)11-6-17-12-10(15)5-9(7-19(11)12)22-18-14(8-16)3-4-14/h5-7,18H,2-4H2,1H3. The van der Waals surface area contributed by atoms with Gasteiger partial charge in [-0.1, -0.05) is 11.6 Å². The number of pyridine rings is 1. The Morgan fingerprint density at radius 3 is 3.09 bits per heavy atom. The molecule has 0 amide bonds. The second-order valence-electron chi connectivity index (χ2n) is 4.98. The number of carbonyl (C=O) groups excluding carboxylic acids is 1. The van der Waals surface area contributed by atoms with Crippen molar-refractivity contribution in [3.05, 3.63) is 29.2 Å². The van der Waals surface area contributed by atoms with E-state index in [-0.39, 0.29) is 0 Å². The fourth-order valence-corrected chi connectivity index (χ4v) is 3.17. The van der Waals surface area contributed by atoms with Gasteiger partial charge >= 0.3 is 5.97 Å². The Morgan fingerprint density at radius 1 is 1.68 bits per heavy atom. The third-order valence-corrected chi connectivity index (χ3v) is 4.58. The summed E-state index contributed by atoms with van der Waals surface area (Å²) < 4.78 is 9.76. The van der Waals surface area contributed by atoms with Crippen LogP contribution in [0.5, 0.6) is 0 Å². The normalized spacial score (nSPS) is 15.5. The Hall–Kier alpha value is -1.75. The Labute approximate surface area is 136 Å². The predicted molar refractivity (Wildman–Crippen MR) is 82.7 cm³/mol. The number of nitrogens with zero attached hydrogens (tertiary/aromatic N) is 3. The number of nitriles is 1. The molecule has 1 saturated carbocycles. The minimum absolute atomic E-state index is 0.292. The Balaban J connectivity index is 1.90. The summed E-state index contributed by atoms with van der Waals surface area (Å²) in [6.07, 6.45) is 4.88. The highest BCUT2D eigenvalue weighted by atomic mass is 35.5. The van der Waals surface area contributed by atoms with Gasteiger partial charge in [-0.3, -0.25) is 4.40 Å². The second kappa shape index (κ2) is 5.80. The molecule has 8 heteroatoms. The van der Waals surface area contributed by atoms with E-state index in [0.29, 0.717) is 23.0 Å². The van der Waals surface area contributed by atoms with Crippen LogP contribution in [0, 0.1) is 11.3 Å². The topological polar surface area (TPSA) is 79.4 Å². The highest BCUT2D eigenvalue weighted by molar-refractivity contribution is 7.97. The molecule has 2 heterocycles. The number of ether oxygens (including phenoxy) is 1. The highest BCUT2D eigenvalue weighted by Crippen LogP contribution is 2.38. The molecule has 0 saturated heterocycles. The van der Waals surface area contributed by atoms with Crippen LogP contribution in [0.2, 0.25) is 5.02 Å². The molecule has 0 atom stereocenters. The van der Waals surface area contributed by atoms with Gasteiger partial charge in [0.15, 0.2) is 11.3 Å². The zero-order valence-corrected chi connectivity index (χ0v) is 13.4. The maximum Gasteiger partial charge on any atom is 0.356 e. The highest BCUT2D eigenvalue weighted by Gasteiger charge is 2.43. The van der Waals surface area contributed by atoms with Gasteiger partial charge in [-0.15, -0.1) is 0 Å². The Morgan fingerprint density at radius 2 is 2.45 bits per heavy atom. The SMILES string of the molecule is CCOC(=O)c1cnc2c(Cl)cc(SNC3(C#N)CC3)cn12. The summed E-state index contributed by atoms with van der Waals surface area (Å²) in [6.45, 7) is 2.04. The lowest BCUT2D eigenvalue weighted by Gasteiger charge is -2.09. The number of halogens is 1. The first-order valence-electron chi connectivity index (χ1n) is 6.77. The van der Waals surface area contributed by atoms with Crippen molar-refractivity contribution in [1.29, 1.82) is 5.26 Å². The van der Waals surface area contributed by atoms with Crippen LogP contribution in [0.3, 0.4) is 0 Å². The van der Waals surface area contributed by atoms with Gasteiger partial charge in [0.05, 0.1) is 23.9 Å². The maximum atomic E-state index is 11.9. The van der Waals surface area contributed by atoms with E-state index in [4.69, 9.17) is 21.6 Å². The fraction of sp³-hybridized carbons (Fsp3) is 0.357. The van der Waals surface area contributed by atoms with Crippen molar-refractivity contribution in [2.45, 2.75) is 30.2 Å². The van der Waals surface area contributed by atoms with E-state index >= 15 is 0 Å². The minimum atomic E-state index is -0.447. The summed E-state index contributed by atoms with van der Waals surface area (Å²) in [4.78, 5) is 16.9. The third-order valence-electron chi connectivity index (χ3n) is 3.35. The van der Waals surface area contributed by atoms with Gasteiger partial charge in [0, 0.05) is 11.1 Å². The molecule has 22 heavy (non-hydrogen) atoms. The fourth-order valence-electron chi connectivity index (χ4n) is 1.95. The number of fused-ring (bicyclic) bond motifs is 1. The number of hydrogen-bond donors (Lipinski definition) is 1. The number of nitrogens with one attached hydrogen (secondary N) is 1. The lowest BCUT2D eigenvalue weighted by atomic mass is 10.3. The van der Waals surface area contributed by atoms with Gasteiger partial charge in [0.25, 0.3) is 0 Å². The molecule has 0 unspecified atom stereocenters. The minimum Gasteiger partial charge on any atom is -0.461 e. The molecule has 0 spiro atoms. The molecular formula is C14H13ClN4O2S. The maximum absolute atomic E-state index is 11.9. The summed E-state index contributed by atoms with van der Waals surface area (Å²) >= 11 is 7.54. The van der Waals surface area contributed by atoms with Crippen molar-refractivity contribution in [3.63, 3.8) is 0 Å². The molecule has 6 nitrogen and oxygen atoms in total. The van der Waals surface area contributed by atoms with Gasteiger partial charge < -0.3 is 4.74 Å². The number of carbonyl (C=O) groups is 1. The van der Waals surface area contributed by atoms with Crippen molar-refractivity contribution in [2.24, 2.45) is 0 Å². The molecular weight excluding hydrogens is 324 g/mol. The molecule has 1 fully saturated rings. The van der Waals surface area contributed by atoms with Crippen LogP contribution in [0.25, 0.3) is 5.65 Å². The van der Waals surface area contributed by atoms with Crippen LogP contribution in [-0.4, -0.2) is 27.5 Å². The average molecular weight is 337 g/mol. The first kappa shape index (κ1) is 15.2. The molecule has 0 radical (unpaired) electrons. The van der Waals surface area contributed by atoms with Crippen molar-refractivity contribution < 1.29 is 9.53 Å². The summed E-state index contributed by atoms with van der Waals surface area (Å²) in [5, 5.41) is 9.51. The number of rotatable bonds is 5. The van der Waals surface area contributed by atoms with Crippen LogP contribution in [0.15, 0.2) is 23.4 Å². The molecule has 0 aliphatic heterocycles. The van der Waals surface area contributed by atoms with Crippen LogP contribution >= 0.6 is 23.5 Å². The number of esters is 1. The largest absolute Gasteiger partial charge is 0.461 e. The van der Waals surface area contributed by atoms with E-state index < -0.39 is 11.5 Å². The Kier molecular flexibility index (Phi) is 4.00. The van der Waals surface area contributed by atoms with Crippen molar-refractivity contribution in [3.8, 4) is 6.07 Å². The molecule has 2 aromatic rings. The van der Waals surface area contributed by atoms with E-state index in [1.165, 1.54) is 18.1 Å². The predicted octanol–water partition coefficient (Wildman–Crippen LogP) is 2.82. The summed E-state index contributed by atoms with van der Waals surface area (Å²) in [7, 11) is 0. The van der Waals surface area contributed by atoms with E-state index in [0.717, 1.165) is 17.7 Å². The van der Waals surface area contributed by atoms with Gasteiger partial charge in [-0.25, -0.2) is 14.5 Å². The molecule has 2 aromatic heterocycles. The van der Waals surface area contributed by atoms with Gasteiger partial charge in [0.2, 0.25) is 0 Å². The molecule has 114 valence electrons. The van der Waals surface area contributed by atoms with Crippen LogP contribution in [-0.2, 0) is 4.74 Å². The van der Waals surface area contributed by atoms with Crippen molar-refractivity contribution in [1.82, 2.24) is 14.1 Å². The summed E-state index contributed by atoms with van der Waals surface area (Å²) in [5.74, 6) is -0.447. The molecule has 1 aliphatic carbocycles. The van der Waals surface area contributed by atoms with E-state index in [1.54, 1.807) is 23.6 Å². The van der Waals surface area contributed by atoms with Crippen LogP contribution < -0.4 is 4.72 Å². The van der Waals surface area contributed by atoms with E-state index in [2.05, 4.69) is 15.8 Å². The van der Waals surface area contributed by atoms with Crippen molar-refractivity contribution >= 4 is 35.2 Å². The quantitative estimate of drug-likeness (QED) is 0.668. The lowest BCUT2D eigenvalue weighted by Crippen LogP contribution is -2.22. The zero-order valence-electron chi connectivity index (χ0n) is 11.8. The second-order valence-corrected chi connectivity index (χ2v) is 6.27. The van der Waals surface area contributed by atoms with Crippen molar-refractivity contribution in [2.75, 3.05) is 6.61 Å².